The molecular formula is C22H24N2O5. The first-order valence-electron chi connectivity index (χ1n) is 9.57. The molecule has 2 aromatic rings. The first kappa shape index (κ1) is 20.4. The third-order valence-electron chi connectivity index (χ3n) is 4.80. The number of ether oxygens (including phenoxy) is 1. The number of nitrogens with one attached hydrogen (secondary N) is 1. The lowest BCUT2D eigenvalue weighted by Crippen LogP contribution is -2.26. The average molecular weight is 396 g/mol. The lowest BCUT2D eigenvalue weighted by Gasteiger charge is -2.14. The number of amides is 2. The fourth-order valence-corrected chi connectivity index (χ4v) is 3.27. The van der Waals surface area contributed by atoms with Gasteiger partial charge in [0.1, 0.15) is 5.75 Å². The molecule has 1 aliphatic heterocycles. The maximum Gasteiger partial charge on any atom is 0.303 e. The SMILES string of the molecule is CC(=O)N1CCc2cc(C(=O)NCc3ccc(OCCCC(=O)O)cc3)ccc21. The van der Waals surface area contributed by atoms with Crippen molar-refractivity contribution >= 4 is 23.5 Å². The van der Waals surface area contributed by atoms with Gasteiger partial charge in [-0.25, -0.2) is 0 Å². The van der Waals surface area contributed by atoms with Crippen molar-refractivity contribution in [3.05, 3.63) is 59.2 Å². The highest BCUT2D eigenvalue weighted by atomic mass is 16.5. The number of carbonyl (C=O) groups is 3. The van der Waals surface area contributed by atoms with Gasteiger partial charge in [0, 0.05) is 37.7 Å². The second-order valence-electron chi connectivity index (χ2n) is 6.94. The van der Waals surface area contributed by atoms with E-state index in [1.54, 1.807) is 30.0 Å². The van der Waals surface area contributed by atoms with E-state index in [0.717, 1.165) is 23.2 Å². The van der Waals surface area contributed by atoms with Crippen molar-refractivity contribution in [3.63, 3.8) is 0 Å². The molecule has 2 N–H and O–H groups in total. The molecule has 3 rings (SSSR count). The first-order chi connectivity index (χ1) is 13.9. The molecule has 0 fully saturated rings. The number of carboxylic acid groups (broad SMARTS) is 1. The van der Waals surface area contributed by atoms with Crippen molar-refractivity contribution in [2.24, 2.45) is 0 Å². The van der Waals surface area contributed by atoms with Crippen LogP contribution in [0.5, 0.6) is 5.75 Å². The summed E-state index contributed by atoms with van der Waals surface area (Å²) in [6.07, 6.45) is 1.29. The zero-order valence-corrected chi connectivity index (χ0v) is 16.3. The van der Waals surface area contributed by atoms with Gasteiger partial charge >= 0.3 is 5.97 Å². The molecule has 0 aromatic heterocycles. The van der Waals surface area contributed by atoms with Crippen LogP contribution in [0.25, 0.3) is 0 Å². The number of carboxylic acids is 1. The normalized spacial score (nSPS) is 12.4. The number of hydrogen-bond acceptors (Lipinski definition) is 4. The number of benzene rings is 2. The van der Waals surface area contributed by atoms with Gasteiger partial charge in [-0.1, -0.05) is 12.1 Å². The highest BCUT2D eigenvalue weighted by Gasteiger charge is 2.23. The molecule has 7 heteroatoms. The molecule has 1 heterocycles. The minimum absolute atomic E-state index is 0.00950. The zero-order valence-electron chi connectivity index (χ0n) is 16.3. The van der Waals surface area contributed by atoms with Crippen LogP contribution >= 0.6 is 0 Å². The van der Waals surface area contributed by atoms with Crippen LogP contribution < -0.4 is 15.0 Å². The van der Waals surface area contributed by atoms with E-state index in [2.05, 4.69) is 5.32 Å². The van der Waals surface area contributed by atoms with Crippen molar-refractivity contribution in [1.82, 2.24) is 5.32 Å². The number of nitrogens with zero attached hydrogens (tertiary/aromatic N) is 1. The lowest BCUT2D eigenvalue weighted by molar-refractivity contribution is -0.137. The quantitative estimate of drug-likeness (QED) is 0.669. The van der Waals surface area contributed by atoms with Gasteiger partial charge in [-0.05, 0) is 54.3 Å². The number of fused-ring (bicyclic) bond motifs is 1. The molecule has 0 saturated carbocycles. The molecule has 7 nitrogen and oxygen atoms in total. The van der Waals surface area contributed by atoms with E-state index >= 15 is 0 Å². The van der Waals surface area contributed by atoms with Gasteiger partial charge in [0.05, 0.1) is 6.61 Å². The highest BCUT2D eigenvalue weighted by molar-refractivity contribution is 5.97. The fraction of sp³-hybridized carbons (Fsp3) is 0.318. The summed E-state index contributed by atoms with van der Waals surface area (Å²) >= 11 is 0. The Kier molecular flexibility index (Phi) is 6.49. The van der Waals surface area contributed by atoms with E-state index in [-0.39, 0.29) is 18.2 Å². The summed E-state index contributed by atoms with van der Waals surface area (Å²) in [6, 6.07) is 12.7. The molecule has 0 unspecified atom stereocenters. The minimum atomic E-state index is -0.834. The highest BCUT2D eigenvalue weighted by Crippen LogP contribution is 2.28. The van der Waals surface area contributed by atoms with Crippen LogP contribution in [-0.4, -0.2) is 36.0 Å². The van der Waals surface area contributed by atoms with E-state index in [1.165, 1.54) is 0 Å². The molecule has 2 aromatic carbocycles. The van der Waals surface area contributed by atoms with Crippen molar-refractivity contribution in [3.8, 4) is 5.75 Å². The average Bonchev–Trinajstić information content (AvgIpc) is 3.13. The van der Waals surface area contributed by atoms with Gasteiger partial charge in [0.25, 0.3) is 5.91 Å². The van der Waals surface area contributed by atoms with Gasteiger partial charge in [0.15, 0.2) is 0 Å². The van der Waals surface area contributed by atoms with Crippen LogP contribution in [0.1, 0.15) is 41.3 Å². The largest absolute Gasteiger partial charge is 0.494 e. The topological polar surface area (TPSA) is 95.9 Å². The summed E-state index contributed by atoms with van der Waals surface area (Å²) in [6.45, 7) is 2.93. The number of carbonyl (C=O) groups excluding carboxylic acids is 2. The van der Waals surface area contributed by atoms with Crippen molar-refractivity contribution < 1.29 is 24.2 Å². The Hall–Kier alpha value is -3.35. The van der Waals surface area contributed by atoms with Crippen molar-refractivity contribution in [2.75, 3.05) is 18.1 Å². The Morgan fingerprint density at radius 3 is 2.59 bits per heavy atom. The van der Waals surface area contributed by atoms with Gasteiger partial charge < -0.3 is 20.1 Å². The number of anilines is 1. The van der Waals surface area contributed by atoms with Crippen LogP contribution in [-0.2, 0) is 22.6 Å². The second kappa shape index (κ2) is 9.23. The van der Waals surface area contributed by atoms with Crippen LogP contribution in [0.4, 0.5) is 5.69 Å². The lowest BCUT2D eigenvalue weighted by atomic mass is 10.1. The van der Waals surface area contributed by atoms with Crippen LogP contribution in [0.15, 0.2) is 42.5 Å². The molecule has 0 saturated heterocycles. The predicted molar refractivity (Wildman–Crippen MR) is 108 cm³/mol. The monoisotopic (exact) mass is 396 g/mol. The minimum Gasteiger partial charge on any atom is -0.494 e. The molecule has 1 aliphatic rings. The van der Waals surface area contributed by atoms with Crippen LogP contribution in [0.3, 0.4) is 0 Å². The third-order valence-corrected chi connectivity index (χ3v) is 4.80. The summed E-state index contributed by atoms with van der Waals surface area (Å²) in [5.74, 6) is -0.323. The first-order valence-corrected chi connectivity index (χ1v) is 9.57. The predicted octanol–water partition coefficient (Wildman–Crippen LogP) is 2.77. The molecule has 0 spiro atoms. The van der Waals surface area contributed by atoms with E-state index in [1.807, 2.05) is 24.3 Å². The van der Waals surface area contributed by atoms with Gasteiger partial charge in [0.2, 0.25) is 5.91 Å². The third kappa shape index (κ3) is 5.34. The second-order valence-corrected chi connectivity index (χ2v) is 6.94. The van der Waals surface area contributed by atoms with Gasteiger partial charge in [-0.3, -0.25) is 14.4 Å². The molecule has 152 valence electrons. The summed E-state index contributed by atoms with van der Waals surface area (Å²) in [7, 11) is 0. The number of aliphatic carboxylic acids is 1. The summed E-state index contributed by atoms with van der Waals surface area (Å²) in [4.78, 5) is 36.3. The summed E-state index contributed by atoms with van der Waals surface area (Å²) in [5, 5.41) is 11.5. The smallest absolute Gasteiger partial charge is 0.303 e. The van der Waals surface area contributed by atoms with Crippen molar-refractivity contribution in [1.29, 1.82) is 0 Å². The van der Waals surface area contributed by atoms with E-state index in [0.29, 0.717) is 37.4 Å². The molecule has 0 aliphatic carbocycles. The molecule has 0 radical (unpaired) electrons. The van der Waals surface area contributed by atoms with E-state index in [9.17, 15) is 14.4 Å². The summed E-state index contributed by atoms with van der Waals surface area (Å²) < 4.78 is 5.50. The van der Waals surface area contributed by atoms with Gasteiger partial charge in [-0.15, -0.1) is 0 Å². The molecule has 0 atom stereocenters. The molecule has 2 amide bonds. The molecule has 0 bridgehead atoms. The standard InChI is InChI=1S/C22H24N2O5/c1-15(25)24-11-10-17-13-18(6-9-20(17)24)22(28)23-14-16-4-7-19(8-5-16)29-12-2-3-21(26)27/h4-9,13H,2-3,10-12,14H2,1H3,(H,23,28)(H,26,27). The number of rotatable bonds is 8. The maximum absolute atomic E-state index is 12.5. The van der Waals surface area contributed by atoms with Crippen LogP contribution in [0.2, 0.25) is 0 Å². The van der Waals surface area contributed by atoms with Gasteiger partial charge in [-0.2, -0.15) is 0 Å². The Morgan fingerprint density at radius 1 is 1.14 bits per heavy atom. The van der Waals surface area contributed by atoms with Crippen LogP contribution in [0, 0.1) is 0 Å². The Bertz CT molecular complexity index is 908. The van der Waals surface area contributed by atoms with E-state index < -0.39 is 5.97 Å². The number of hydrogen-bond donors (Lipinski definition) is 2. The fourth-order valence-electron chi connectivity index (χ4n) is 3.27. The summed E-state index contributed by atoms with van der Waals surface area (Å²) in [5.41, 5.74) is 3.40. The molecule has 29 heavy (non-hydrogen) atoms. The Morgan fingerprint density at radius 2 is 1.90 bits per heavy atom. The molecular weight excluding hydrogens is 372 g/mol. The Labute approximate surface area is 169 Å². The zero-order chi connectivity index (χ0) is 20.8. The maximum atomic E-state index is 12.5. The van der Waals surface area contributed by atoms with E-state index in [4.69, 9.17) is 9.84 Å². The Balaban J connectivity index is 1.51. The van der Waals surface area contributed by atoms with Crippen molar-refractivity contribution in [2.45, 2.75) is 32.7 Å².